The predicted octanol–water partition coefficient (Wildman–Crippen LogP) is 3.21. The molecule has 0 saturated heterocycles. The van der Waals surface area contributed by atoms with E-state index in [4.69, 9.17) is 11.6 Å². The summed E-state index contributed by atoms with van der Waals surface area (Å²) in [6.45, 7) is 0.0425. The van der Waals surface area contributed by atoms with E-state index in [2.05, 4.69) is 0 Å². The average molecular weight is 306 g/mol. The molecule has 1 aromatic heterocycles. The molecule has 5 heteroatoms. The first-order valence-electron chi connectivity index (χ1n) is 6.77. The number of hydrogen-bond donors (Lipinski definition) is 0. The number of hydrogen-bond acceptors (Lipinski definition) is 2. The van der Waals surface area contributed by atoms with Gasteiger partial charge in [-0.15, -0.1) is 0 Å². The van der Waals surface area contributed by atoms with Crippen LogP contribution in [0.5, 0.6) is 0 Å². The van der Waals surface area contributed by atoms with Gasteiger partial charge in [0.05, 0.1) is 6.54 Å². The summed E-state index contributed by atoms with van der Waals surface area (Å²) in [6.07, 6.45) is 1.84. The lowest BCUT2D eigenvalue weighted by Gasteiger charge is -2.20. The van der Waals surface area contributed by atoms with Gasteiger partial charge in [0, 0.05) is 34.3 Å². The highest BCUT2D eigenvalue weighted by Crippen LogP contribution is 2.23. The van der Waals surface area contributed by atoms with E-state index in [1.54, 1.807) is 12.1 Å². The fraction of sp³-hybridized carbons (Fsp3) is 0.250. The Balaban J connectivity index is 2.13. The van der Waals surface area contributed by atoms with Gasteiger partial charge >= 0.3 is 0 Å². The first-order valence-corrected chi connectivity index (χ1v) is 7.14. The minimum Gasteiger partial charge on any atom is -0.307 e. The van der Waals surface area contributed by atoms with E-state index in [9.17, 15) is 14.0 Å². The van der Waals surface area contributed by atoms with Crippen LogP contribution in [0.1, 0.15) is 34.5 Å². The number of Topliss-reactive ketones (excluding diaryl/α,β-unsaturated/α-hetero) is 1. The Morgan fingerprint density at radius 3 is 2.71 bits per heavy atom. The molecule has 0 unspecified atom stereocenters. The fourth-order valence-electron chi connectivity index (χ4n) is 2.71. The zero-order valence-corrected chi connectivity index (χ0v) is 12.0. The van der Waals surface area contributed by atoms with Crippen molar-refractivity contribution in [1.29, 1.82) is 0 Å². The van der Waals surface area contributed by atoms with Crippen molar-refractivity contribution in [2.24, 2.45) is 0 Å². The van der Waals surface area contributed by atoms with E-state index in [1.165, 1.54) is 22.8 Å². The number of ketones is 1. The van der Waals surface area contributed by atoms with Crippen LogP contribution in [0.25, 0.3) is 0 Å². The molecule has 1 heterocycles. The van der Waals surface area contributed by atoms with Crippen molar-refractivity contribution < 1.29 is 9.18 Å². The Hall–Kier alpha value is -1.94. The molecule has 3 rings (SSSR count). The first-order chi connectivity index (χ1) is 10.1. The number of nitrogens with zero attached hydrogens (tertiary/aromatic N) is 1. The van der Waals surface area contributed by atoms with Gasteiger partial charge in [0.2, 0.25) is 0 Å². The monoisotopic (exact) mass is 305 g/mol. The standard InChI is InChI=1S/C16H13ClFNO2/c17-12-3-1-4-13(18)11(12)9-19-14-5-2-6-15(20)10(14)7-8-16(19)21/h1,3-4,7-8H,2,5-6,9H2. The molecule has 0 spiro atoms. The van der Waals surface area contributed by atoms with E-state index in [-0.39, 0.29) is 28.5 Å². The Kier molecular flexibility index (Phi) is 3.64. The zero-order valence-electron chi connectivity index (χ0n) is 11.2. The summed E-state index contributed by atoms with van der Waals surface area (Å²) >= 11 is 6.02. The van der Waals surface area contributed by atoms with Crippen LogP contribution in [0.15, 0.2) is 35.1 Å². The van der Waals surface area contributed by atoms with Crippen molar-refractivity contribution in [3.63, 3.8) is 0 Å². The normalized spacial score (nSPS) is 14.1. The largest absolute Gasteiger partial charge is 0.307 e. The summed E-state index contributed by atoms with van der Waals surface area (Å²) in [7, 11) is 0. The fourth-order valence-corrected chi connectivity index (χ4v) is 2.93. The highest BCUT2D eigenvalue weighted by molar-refractivity contribution is 6.31. The maximum atomic E-state index is 13.9. The minimum atomic E-state index is -0.450. The molecular weight excluding hydrogens is 293 g/mol. The molecule has 2 aromatic rings. The molecule has 0 N–H and O–H groups in total. The second-order valence-corrected chi connectivity index (χ2v) is 5.50. The number of pyridine rings is 1. The number of carbonyl (C=O) groups excluding carboxylic acids is 1. The SMILES string of the molecule is O=C1CCCc2c1ccc(=O)n2Cc1c(F)cccc1Cl. The number of benzene rings is 1. The molecule has 0 saturated carbocycles. The van der Waals surface area contributed by atoms with Gasteiger partial charge in [-0.3, -0.25) is 9.59 Å². The van der Waals surface area contributed by atoms with Crippen molar-refractivity contribution in [2.45, 2.75) is 25.8 Å². The summed E-state index contributed by atoms with van der Waals surface area (Å²) in [5.74, 6) is -0.418. The molecule has 3 nitrogen and oxygen atoms in total. The van der Waals surface area contributed by atoms with Gasteiger partial charge in [0.25, 0.3) is 5.56 Å². The van der Waals surface area contributed by atoms with Crippen molar-refractivity contribution in [1.82, 2.24) is 4.57 Å². The molecule has 21 heavy (non-hydrogen) atoms. The third kappa shape index (κ3) is 2.51. The minimum absolute atomic E-state index is 0.0321. The quantitative estimate of drug-likeness (QED) is 0.854. The van der Waals surface area contributed by atoms with Gasteiger partial charge in [0.15, 0.2) is 5.78 Å². The molecular formula is C16H13ClFNO2. The molecule has 0 aliphatic heterocycles. The van der Waals surface area contributed by atoms with Crippen LogP contribution < -0.4 is 5.56 Å². The molecule has 0 fully saturated rings. The second-order valence-electron chi connectivity index (χ2n) is 5.10. The van der Waals surface area contributed by atoms with Crippen LogP contribution in [-0.4, -0.2) is 10.4 Å². The lowest BCUT2D eigenvalue weighted by Crippen LogP contribution is -2.28. The van der Waals surface area contributed by atoms with Gasteiger partial charge in [-0.2, -0.15) is 0 Å². The van der Waals surface area contributed by atoms with E-state index in [1.807, 2.05) is 0 Å². The van der Waals surface area contributed by atoms with Crippen LogP contribution >= 0.6 is 11.6 Å². The smallest absolute Gasteiger partial charge is 0.251 e. The molecule has 1 aromatic carbocycles. The van der Waals surface area contributed by atoms with Gasteiger partial charge in [-0.1, -0.05) is 17.7 Å². The lowest BCUT2D eigenvalue weighted by molar-refractivity contribution is 0.0970. The van der Waals surface area contributed by atoms with Crippen LogP contribution in [0.3, 0.4) is 0 Å². The maximum absolute atomic E-state index is 13.9. The average Bonchev–Trinajstić information content (AvgIpc) is 2.45. The van der Waals surface area contributed by atoms with E-state index in [0.717, 1.165) is 0 Å². The van der Waals surface area contributed by atoms with Crippen LogP contribution in [0.4, 0.5) is 4.39 Å². The Morgan fingerprint density at radius 2 is 1.95 bits per heavy atom. The summed E-state index contributed by atoms with van der Waals surface area (Å²) in [6, 6.07) is 7.35. The summed E-state index contributed by atoms with van der Waals surface area (Å²) in [5, 5.41) is 0.279. The van der Waals surface area contributed by atoms with Crippen molar-refractivity contribution in [3.05, 3.63) is 68.3 Å². The van der Waals surface area contributed by atoms with Crippen LogP contribution in [0.2, 0.25) is 5.02 Å². The molecule has 0 bridgehead atoms. The third-order valence-electron chi connectivity index (χ3n) is 3.79. The highest BCUT2D eigenvalue weighted by atomic mass is 35.5. The van der Waals surface area contributed by atoms with Crippen LogP contribution in [-0.2, 0) is 13.0 Å². The maximum Gasteiger partial charge on any atom is 0.251 e. The summed E-state index contributed by atoms with van der Waals surface area (Å²) in [5.41, 5.74) is 1.27. The van der Waals surface area contributed by atoms with E-state index < -0.39 is 5.82 Å². The Bertz CT molecular complexity index is 762. The van der Waals surface area contributed by atoms with E-state index in [0.29, 0.717) is 30.5 Å². The van der Waals surface area contributed by atoms with Gasteiger partial charge in [-0.05, 0) is 31.0 Å². The van der Waals surface area contributed by atoms with Crippen molar-refractivity contribution in [3.8, 4) is 0 Å². The first kappa shape index (κ1) is 14.0. The Morgan fingerprint density at radius 1 is 1.14 bits per heavy atom. The summed E-state index contributed by atoms with van der Waals surface area (Å²) in [4.78, 5) is 24.0. The molecule has 0 radical (unpaired) electrons. The molecule has 0 atom stereocenters. The third-order valence-corrected chi connectivity index (χ3v) is 4.15. The molecule has 108 valence electrons. The number of fused-ring (bicyclic) bond motifs is 1. The van der Waals surface area contributed by atoms with Crippen molar-refractivity contribution >= 4 is 17.4 Å². The number of carbonyl (C=O) groups is 1. The second kappa shape index (κ2) is 5.45. The lowest BCUT2D eigenvalue weighted by atomic mass is 9.94. The topological polar surface area (TPSA) is 39.1 Å². The van der Waals surface area contributed by atoms with Crippen LogP contribution in [0, 0.1) is 5.82 Å². The number of aromatic nitrogens is 1. The van der Waals surface area contributed by atoms with Gasteiger partial charge in [0.1, 0.15) is 5.82 Å². The highest BCUT2D eigenvalue weighted by Gasteiger charge is 2.21. The summed E-state index contributed by atoms with van der Waals surface area (Å²) < 4.78 is 15.4. The molecule has 1 aliphatic carbocycles. The van der Waals surface area contributed by atoms with E-state index >= 15 is 0 Å². The van der Waals surface area contributed by atoms with Crippen molar-refractivity contribution in [2.75, 3.05) is 0 Å². The van der Waals surface area contributed by atoms with Gasteiger partial charge < -0.3 is 4.57 Å². The molecule has 0 amide bonds. The molecule has 1 aliphatic rings. The predicted molar refractivity (Wildman–Crippen MR) is 78.5 cm³/mol. The number of halogens is 2. The Labute approximate surface area is 126 Å². The van der Waals surface area contributed by atoms with Gasteiger partial charge in [-0.25, -0.2) is 4.39 Å². The zero-order chi connectivity index (χ0) is 15.0. The number of rotatable bonds is 2.